The van der Waals surface area contributed by atoms with E-state index in [4.69, 9.17) is 16.5 Å². The fraction of sp³-hybridized carbons (Fsp3) is 0.588. The molecule has 28 heavy (non-hydrogen) atoms. The molecule has 1 aromatic rings. The van der Waals surface area contributed by atoms with Crippen LogP contribution in [0.4, 0.5) is 23.2 Å². The van der Waals surface area contributed by atoms with Gasteiger partial charge >= 0.3 is 12.1 Å². The van der Waals surface area contributed by atoms with Crippen LogP contribution < -0.4 is 9.64 Å². The Balaban J connectivity index is 1.67. The first-order valence-corrected chi connectivity index (χ1v) is 9.13. The van der Waals surface area contributed by atoms with E-state index < -0.39 is 30.6 Å². The number of alkyl halides is 3. The molecule has 0 radical (unpaired) electrons. The molecule has 11 heteroatoms. The summed E-state index contributed by atoms with van der Waals surface area (Å²) in [4.78, 5) is 15.3. The third kappa shape index (κ3) is 4.79. The molecule has 2 unspecified atom stereocenters. The van der Waals surface area contributed by atoms with Gasteiger partial charge in [0.25, 0.3) is 0 Å². The van der Waals surface area contributed by atoms with Crippen molar-refractivity contribution in [3.8, 4) is 5.75 Å². The van der Waals surface area contributed by atoms with E-state index in [-0.39, 0.29) is 11.8 Å². The van der Waals surface area contributed by atoms with E-state index in [1.165, 1.54) is 16.6 Å². The van der Waals surface area contributed by atoms with E-state index in [0.29, 0.717) is 44.8 Å². The Kier molecular flexibility index (Phi) is 6.21. The van der Waals surface area contributed by atoms with E-state index in [1.54, 1.807) is 0 Å². The predicted molar refractivity (Wildman–Crippen MR) is 94.1 cm³/mol. The topological polar surface area (TPSA) is 56.3 Å². The number of halogens is 5. The van der Waals surface area contributed by atoms with Gasteiger partial charge in [0, 0.05) is 44.8 Å². The van der Waals surface area contributed by atoms with E-state index in [1.807, 2.05) is 9.80 Å². The lowest BCUT2D eigenvalue weighted by Gasteiger charge is -2.40. The van der Waals surface area contributed by atoms with Crippen molar-refractivity contribution >= 4 is 23.4 Å². The summed E-state index contributed by atoms with van der Waals surface area (Å²) >= 11 is 5.99. The van der Waals surface area contributed by atoms with Gasteiger partial charge in [-0.05, 0) is 30.3 Å². The van der Waals surface area contributed by atoms with Crippen LogP contribution in [0, 0.1) is 5.82 Å². The average molecular weight is 426 g/mol. The van der Waals surface area contributed by atoms with Crippen LogP contribution in [0.25, 0.3) is 0 Å². The van der Waals surface area contributed by atoms with E-state index in [2.05, 4.69) is 0 Å². The lowest BCUT2D eigenvalue weighted by molar-refractivity contribution is -0.153. The van der Waals surface area contributed by atoms with Gasteiger partial charge in [-0.2, -0.15) is 13.2 Å². The standard InChI is InChI=1S/C17H20ClF4N3O3/c18-25-4-3-13(15(25)16(26)27)24-7-5-23(6-8-24)12-2-1-11(19)9-14(12)28-10-17(20,21)22/h1-2,9,13,15H,3-8,10H2,(H,26,27). The van der Waals surface area contributed by atoms with Gasteiger partial charge < -0.3 is 14.7 Å². The van der Waals surface area contributed by atoms with Gasteiger partial charge in [-0.1, -0.05) is 0 Å². The Morgan fingerprint density at radius 1 is 1.21 bits per heavy atom. The van der Waals surface area contributed by atoms with Gasteiger partial charge in [0.2, 0.25) is 0 Å². The van der Waals surface area contributed by atoms with Crippen molar-refractivity contribution in [1.29, 1.82) is 0 Å². The third-order valence-electron chi connectivity index (χ3n) is 4.99. The molecule has 2 aliphatic heterocycles. The van der Waals surface area contributed by atoms with Gasteiger partial charge in [-0.3, -0.25) is 9.69 Å². The first-order chi connectivity index (χ1) is 13.2. The van der Waals surface area contributed by atoms with Gasteiger partial charge in [0.05, 0.1) is 5.69 Å². The molecule has 156 valence electrons. The minimum Gasteiger partial charge on any atom is -0.482 e. The maximum Gasteiger partial charge on any atom is 0.422 e. The van der Waals surface area contributed by atoms with Gasteiger partial charge in [-0.15, -0.1) is 0 Å². The lowest BCUT2D eigenvalue weighted by Crippen LogP contribution is -2.55. The number of hydrogen-bond donors (Lipinski definition) is 1. The highest BCUT2D eigenvalue weighted by Crippen LogP contribution is 2.33. The number of ether oxygens (including phenoxy) is 1. The van der Waals surface area contributed by atoms with E-state index >= 15 is 0 Å². The maximum atomic E-state index is 13.5. The summed E-state index contributed by atoms with van der Waals surface area (Å²) in [7, 11) is 0. The Morgan fingerprint density at radius 2 is 1.89 bits per heavy atom. The molecule has 2 atom stereocenters. The molecule has 0 aromatic heterocycles. The second-order valence-corrected chi connectivity index (χ2v) is 7.24. The van der Waals surface area contributed by atoms with Crippen LogP contribution in [-0.2, 0) is 4.79 Å². The number of carbonyl (C=O) groups is 1. The summed E-state index contributed by atoms with van der Waals surface area (Å²) in [5.41, 5.74) is 0.380. The number of carboxylic acids is 1. The molecule has 0 spiro atoms. The minimum atomic E-state index is -4.52. The Labute approximate surface area is 164 Å². The van der Waals surface area contributed by atoms with Gasteiger partial charge in [-0.25, -0.2) is 8.81 Å². The maximum absolute atomic E-state index is 13.5. The fourth-order valence-electron chi connectivity index (χ4n) is 3.72. The Morgan fingerprint density at radius 3 is 2.50 bits per heavy atom. The van der Waals surface area contributed by atoms with Crippen LogP contribution in [0.1, 0.15) is 6.42 Å². The van der Waals surface area contributed by atoms with Crippen molar-refractivity contribution in [1.82, 2.24) is 9.32 Å². The highest BCUT2D eigenvalue weighted by molar-refractivity contribution is 6.15. The van der Waals surface area contributed by atoms with Gasteiger partial charge in [0.1, 0.15) is 17.6 Å². The summed E-state index contributed by atoms with van der Waals surface area (Å²) in [5, 5.41) is 9.39. The molecular weight excluding hydrogens is 406 g/mol. The van der Waals surface area contributed by atoms with Crippen molar-refractivity contribution in [2.24, 2.45) is 0 Å². The Hall–Kier alpha value is -1.78. The van der Waals surface area contributed by atoms with Crippen LogP contribution >= 0.6 is 11.8 Å². The van der Waals surface area contributed by atoms with E-state index in [9.17, 15) is 27.5 Å². The number of rotatable bonds is 5. The van der Waals surface area contributed by atoms with Crippen LogP contribution in [0.5, 0.6) is 5.75 Å². The van der Waals surface area contributed by atoms with Crippen molar-refractivity contribution in [3.05, 3.63) is 24.0 Å². The lowest BCUT2D eigenvalue weighted by atomic mass is 10.1. The number of piperazine rings is 1. The van der Waals surface area contributed by atoms with Crippen molar-refractivity contribution in [2.75, 3.05) is 44.2 Å². The van der Waals surface area contributed by atoms with E-state index in [0.717, 1.165) is 6.07 Å². The number of nitrogens with zero attached hydrogens (tertiary/aromatic N) is 3. The average Bonchev–Trinajstić information content (AvgIpc) is 3.01. The molecule has 3 rings (SSSR count). The quantitative estimate of drug-likeness (QED) is 0.578. The summed E-state index contributed by atoms with van der Waals surface area (Å²) in [6, 6.07) is 2.48. The number of aliphatic carboxylic acids is 1. The predicted octanol–water partition coefficient (Wildman–Crippen LogP) is 2.57. The summed E-state index contributed by atoms with van der Waals surface area (Å²) in [6.45, 7) is 0.872. The summed E-state index contributed by atoms with van der Waals surface area (Å²) in [6.07, 6.45) is -3.90. The number of hydrogen-bond acceptors (Lipinski definition) is 5. The van der Waals surface area contributed by atoms with Crippen LogP contribution in [-0.4, -0.2) is 78.0 Å². The SMILES string of the molecule is O=C(O)C1C(N2CCN(c3ccc(F)cc3OCC(F)(F)F)CC2)CCN1Cl. The van der Waals surface area contributed by atoms with Crippen LogP contribution in [0.3, 0.4) is 0 Å². The zero-order chi connectivity index (χ0) is 20.5. The van der Waals surface area contributed by atoms with Crippen molar-refractivity contribution in [2.45, 2.75) is 24.7 Å². The van der Waals surface area contributed by atoms with Crippen molar-refractivity contribution < 1.29 is 32.2 Å². The molecule has 1 aromatic carbocycles. The second-order valence-electron chi connectivity index (χ2n) is 6.80. The molecule has 6 nitrogen and oxygen atoms in total. The molecule has 1 N–H and O–H groups in total. The highest BCUT2D eigenvalue weighted by Gasteiger charge is 2.42. The van der Waals surface area contributed by atoms with Crippen LogP contribution in [0.2, 0.25) is 0 Å². The summed E-state index contributed by atoms with van der Waals surface area (Å²) in [5.74, 6) is -1.83. The molecule has 2 aliphatic rings. The molecule has 2 fully saturated rings. The monoisotopic (exact) mass is 425 g/mol. The number of anilines is 1. The zero-order valence-corrected chi connectivity index (χ0v) is 15.6. The molecule has 2 heterocycles. The minimum absolute atomic E-state index is 0.165. The first kappa shape index (κ1) is 20.9. The molecular formula is C17H20ClF4N3O3. The molecule has 0 saturated carbocycles. The number of carboxylic acid groups (broad SMARTS) is 1. The second kappa shape index (κ2) is 8.30. The Bertz CT molecular complexity index is 713. The zero-order valence-electron chi connectivity index (χ0n) is 14.8. The molecule has 0 bridgehead atoms. The highest BCUT2D eigenvalue weighted by atomic mass is 35.5. The largest absolute Gasteiger partial charge is 0.482 e. The van der Waals surface area contributed by atoms with Crippen molar-refractivity contribution in [3.63, 3.8) is 0 Å². The van der Waals surface area contributed by atoms with Gasteiger partial charge in [0.15, 0.2) is 6.61 Å². The molecule has 0 aliphatic carbocycles. The van der Waals surface area contributed by atoms with Crippen LogP contribution in [0.15, 0.2) is 18.2 Å². The molecule has 0 amide bonds. The molecule has 2 saturated heterocycles. The smallest absolute Gasteiger partial charge is 0.422 e. The first-order valence-electron chi connectivity index (χ1n) is 8.79. The normalized spacial score (nSPS) is 24.5. The fourth-order valence-corrected chi connectivity index (χ4v) is 4.04. The third-order valence-corrected chi connectivity index (χ3v) is 5.37. The summed E-state index contributed by atoms with van der Waals surface area (Å²) < 4.78 is 57.0. The number of benzene rings is 1.